The van der Waals surface area contributed by atoms with E-state index >= 15 is 0 Å². The van der Waals surface area contributed by atoms with Gasteiger partial charge in [-0.05, 0) is 55.6 Å². The quantitative estimate of drug-likeness (QED) is 0.551. The van der Waals surface area contributed by atoms with E-state index in [1.165, 1.54) is 36.5 Å². The molecule has 0 radical (unpaired) electrons. The third kappa shape index (κ3) is 3.74. The van der Waals surface area contributed by atoms with Crippen LogP contribution < -0.4 is 16.2 Å². The van der Waals surface area contributed by atoms with Crippen LogP contribution in [0.2, 0.25) is 0 Å². The Morgan fingerprint density at radius 2 is 2.09 bits per heavy atom. The number of hydrogen-bond acceptors (Lipinski definition) is 11. The number of ether oxygens (including phenoxy) is 1. The molecule has 6 aliphatic heterocycles. The van der Waals surface area contributed by atoms with Crippen molar-refractivity contribution in [2.75, 3.05) is 45.2 Å². The molecule has 0 aliphatic carbocycles. The fourth-order valence-electron chi connectivity index (χ4n) is 5.23. The topological polar surface area (TPSA) is 64.8 Å². The van der Waals surface area contributed by atoms with Crippen molar-refractivity contribution in [1.82, 2.24) is 46.7 Å². The Kier molecular flexibility index (Phi) is 6.10. The molecule has 0 saturated carbocycles. The van der Waals surface area contributed by atoms with E-state index in [0.717, 1.165) is 58.7 Å². The molecule has 0 aromatic carbocycles. The molecular weight excluding hydrogens is 426 g/mol. The highest BCUT2D eigenvalue weighted by Crippen LogP contribution is 2.43. The fraction of sp³-hybridized carbons (Fsp3) is 0.714. The molecule has 3 saturated heterocycles. The maximum Gasteiger partial charge on any atom is 0.163 e. The van der Waals surface area contributed by atoms with Gasteiger partial charge in [-0.25, -0.2) is 10.4 Å². The lowest BCUT2D eigenvalue weighted by Gasteiger charge is -2.48. The normalized spacial score (nSPS) is 32.1. The summed E-state index contributed by atoms with van der Waals surface area (Å²) in [7, 11) is 0. The zero-order valence-corrected chi connectivity index (χ0v) is 19.5. The summed E-state index contributed by atoms with van der Waals surface area (Å²) in [6.07, 6.45) is 15.8. The Balaban J connectivity index is 1.48. The maximum atomic E-state index is 6.35. The van der Waals surface area contributed by atoms with Crippen molar-refractivity contribution >= 4 is 11.8 Å². The van der Waals surface area contributed by atoms with Crippen LogP contribution in [-0.2, 0) is 4.74 Å². The van der Waals surface area contributed by atoms with Crippen LogP contribution >= 0.6 is 11.8 Å². The van der Waals surface area contributed by atoms with Gasteiger partial charge in [0.25, 0.3) is 0 Å². The number of nitrogens with zero attached hydrogens (tertiary/aromatic N) is 6. The van der Waals surface area contributed by atoms with Crippen LogP contribution in [0.25, 0.3) is 0 Å². The first kappa shape index (κ1) is 20.9. The van der Waals surface area contributed by atoms with Gasteiger partial charge in [0.2, 0.25) is 0 Å². The summed E-state index contributed by atoms with van der Waals surface area (Å²) in [4.78, 5) is 0. The molecule has 0 spiro atoms. The molecular formula is C21H35N9OS. The molecule has 3 N–H and O–H groups in total. The minimum absolute atomic E-state index is 0.0828. The first-order valence-corrected chi connectivity index (χ1v) is 13.2. The van der Waals surface area contributed by atoms with E-state index < -0.39 is 0 Å². The largest absolute Gasteiger partial charge is 0.372 e. The predicted octanol–water partition coefficient (Wildman–Crippen LogP) is 1.08. The summed E-state index contributed by atoms with van der Waals surface area (Å²) < 4.78 is 6.35. The Labute approximate surface area is 194 Å². The summed E-state index contributed by atoms with van der Waals surface area (Å²) in [6.45, 7) is 5.34. The van der Waals surface area contributed by atoms with Crippen molar-refractivity contribution in [2.24, 2.45) is 0 Å². The highest BCUT2D eigenvalue weighted by atomic mass is 32.2. The number of hydrogen-bond donors (Lipinski definition) is 3. The van der Waals surface area contributed by atoms with E-state index in [2.05, 4.69) is 76.8 Å². The molecule has 6 aliphatic rings. The Bertz CT molecular complexity index is 750. The zero-order valence-electron chi connectivity index (χ0n) is 18.7. The van der Waals surface area contributed by atoms with Gasteiger partial charge in [-0.2, -0.15) is 5.12 Å². The molecule has 0 aromatic rings. The minimum atomic E-state index is 0.0828. The minimum Gasteiger partial charge on any atom is -0.372 e. The van der Waals surface area contributed by atoms with E-state index in [4.69, 9.17) is 4.74 Å². The lowest BCUT2D eigenvalue weighted by Crippen LogP contribution is -2.65. The van der Waals surface area contributed by atoms with Crippen molar-refractivity contribution < 1.29 is 4.74 Å². The fourth-order valence-corrected chi connectivity index (χ4v) is 6.54. The maximum absolute atomic E-state index is 6.35. The Morgan fingerprint density at radius 3 is 2.78 bits per heavy atom. The van der Waals surface area contributed by atoms with Crippen molar-refractivity contribution in [3.05, 3.63) is 36.1 Å². The van der Waals surface area contributed by atoms with Gasteiger partial charge in [-0.1, -0.05) is 6.08 Å². The van der Waals surface area contributed by atoms with Gasteiger partial charge in [-0.15, -0.1) is 16.9 Å². The first-order valence-electron chi connectivity index (χ1n) is 12.1. The average molecular weight is 462 g/mol. The van der Waals surface area contributed by atoms with Gasteiger partial charge < -0.3 is 10.2 Å². The molecule has 6 heterocycles. The van der Waals surface area contributed by atoms with Gasteiger partial charge in [-0.3, -0.25) is 15.3 Å². The van der Waals surface area contributed by atoms with E-state index in [1.807, 2.05) is 6.20 Å². The summed E-state index contributed by atoms with van der Waals surface area (Å²) in [5.74, 6) is 2.46. The van der Waals surface area contributed by atoms with Crippen LogP contribution in [0.5, 0.6) is 0 Å². The number of hydrazine groups is 6. The smallest absolute Gasteiger partial charge is 0.163 e. The van der Waals surface area contributed by atoms with Crippen LogP contribution in [0, 0.1) is 0 Å². The van der Waals surface area contributed by atoms with Gasteiger partial charge in [0.15, 0.2) is 5.82 Å². The van der Waals surface area contributed by atoms with Crippen molar-refractivity contribution in [2.45, 2.75) is 50.0 Å². The number of thioether (sulfide) groups is 1. The third-order valence-electron chi connectivity index (χ3n) is 6.70. The Morgan fingerprint density at radius 1 is 1.09 bits per heavy atom. The monoisotopic (exact) mass is 461 g/mol. The van der Waals surface area contributed by atoms with Crippen molar-refractivity contribution in [3.63, 3.8) is 0 Å². The molecule has 6 rings (SSSR count). The molecule has 2 atom stereocenters. The molecule has 2 unspecified atom stereocenters. The zero-order chi connectivity index (χ0) is 21.3. The van der Waals surface area contributed by atoms with E-state index in [0.29, 0.717) is 5.37 Å². The second-order valence-corrected chi connectivity index (χ2v) is 10.2. The Hall–Kier alpha value is -1.63. The number of nitrogens with one attached hydrogen (secondary N) is 3. The summed E-state index contributed by atoms with van der Waals surface area (Å²) in [5.41, 5.74) is 8.37. The summed E-state index contributed by atoms with van der Waals surface area (Å²) in [6, 6.07) is 0. The second kappa shape index (κ2) is 9.32. The van der Waals surface area contributed by atoms with Gasteiger partial charge >= 0.3 is 0 Å². The van der Waals surface area contributed by atoms with Crippen LogP contribution in [-0.4, -0.2) is 87.2 Å². The van der Waals surface area contributed by atoms with Crippen molar-refractivity contribution in [3.8, 4) is 0 Å². The van der Waals surface area contributed by atoms with E-state index in [-0.39, 0.29) is 6.10 Å². The first-order chi connectivity index (χ1) is 15.9. The molecule has 11 heteroatoms. The van der Waals surface area contributed by atoms with E-state index in [9.17, 15) is 0 Å². The molecule has 176 valence electrons. The lowest BCUT2D eigenvalue weighted by molar-refractivity contribution is -0.333. The SMILES string of the molecule is C1=CN(N2C(C3CCCO3)=C(N3CCCN3)N(C3CCCCS3)N2N2CC=CN2)CNC1. The van der Waals surface area contributed by atoms with Crippen molar-refractivity contribution in [1.29, 1.82) is 0 Å². The lowest BCUT2D eigenvalue weighted by atomic mass is 10.1. The van der Waals surface area contributed by atoms with Crippen LogP contribution in [0.1, 0.15) is 38.5 Å². The molecule has 0 bridgehead atoms. The standard InChI is InChI=1S/C21H35N9OS/c1-2-16-32-19(8-1)28-21(26-13-5-10-23-26)20(18-7-3-15-31-18)29(25-12-4-9-22-17-25)30(28)27-14-6-11-24-27/h4,6,11-12,18-19,22-24H,1-3,5,7-10,13-17H2. The molecule has 32 heavy (non-hydrogen) atoms. The molecule has 3 fully saturated rings. The van der Waals surface area contributed by atoms with Crippen LogP contribution in [0.4, 0.5) is 0 Å². The average Bonchev–Trinajstić information content (AvgIpc) is 3.65. The summed E-state index contributed by atoms with van der Waals surface area (Å²) >= 11 is 2.08. The summed E-state index contributed by atoms with van der Waals surface area (Å²) in [5, 5.41) is 18.0. The third-order valence-corrected chi connectivity index (χ3v) is 8.04. The molecule has 0 aromatic heterocycles. The predicted molar refractivity (Wildman–Crippen MR) is 124 cm³/mol. The van der Waals surface area contributed by atoms with Gasteiger partial charge in [0.05, 0.1) is 18.6 Å². The highest BCUT2D eigenvalue weighted by Gasteiger charge is 2.51. The van der Waals surface area contributed by atoms with Crippen LogP contribution in [0.15, 0.2) is 36.1 Å². The van der Waals surface area contributed by atoms with Gasteiger partial charge in [0, 0.05) is 38.6 Å². The second-order valence-electron chi connectivity index (χ2n) is 8.90. The highest BCUT2D eigenvalue weighted by molar-refractivity contribution is 7.99. The molecule has 0 amide bonds. The van der Waals surface area contributed by atoms with E-state index in [1.54, 1.807) is 0 Å². The van der Waals surface area contributed by atoms with Gasteiger partial charge in [0.1, 0.15) is 11.8 Å². The number of rotatable bonds is 5. The van der Waals surface area contributed by atoms with Crippen LogP contribution in [0.3, 0.4) is 0 Å². The molecule has 10 nitrogen and oxygen atoms in total.